The number of sulfonamides is 1. The number of aromatic nitrogens is 1. The molecule has 0 aliphatic heterocycles. The lowest BCUT2D eigenvalue weighted by Gasteiger charge is -2.10. The van der Waals surface area contributed by atoms with E-state index >= 15 is 0 Å². The van der Waals surface area contributed by atoms with Crippen LogP contribution in [0, 0.1) is 12.4 Å². The van der Waals surface area contributed by atoms with Gasteiger partial charge in [0.2, 0.25) is 15.7 Å². The molecule has 1 N–H and O–H groups in total. The molecule has 0 saturated heterocycles. The molecule has 0 radical (unpaired) electrons. The van der Waals surface area contributed by atoms with Crippen LogP contribution in [0.1, 0.15) is 35.6 Å². The third-order valence-corrected chi connectivity index (χ3v) is 6.97. The maximum Gasteiger partial charge on any atom is 0.354 e. The Bertz CT molecular complexity index is 1340. The highest BCUT2D eigenvalue weighted by atomic mass is 32.2. The fourth-order valence-electron chi connectivity index (χ4n) is 3.86. The molecular formula is C25H26FN3O4S. The van der Waals surface area contributed by atoms with Gasteiger partial charge in [0.15, 0.2) is 0 Å². The van der Waals surface area contributed by atoms with Crippen LogP contribution < -0.4 is 4.72 Å². The lowest BCUT2D eigenvalue weighted by atomic mass is 10.0. The van der Waals surface area contributed by atoms with Crippen molar-refractivity contribution in [2.75, 3.05) is 13.2 Å². The number of esters is 1. The van der Waals surface area contributed by atoms with Crippen molar-refractivity contribution in [1.29, 1.82) is 0 Å². The predicted octanol–water partition coefficient (Wildman–Crippen LogP) is 4.64. The maximum atomic E-state index is 13.8. The summed E-state index contributed by atoms with van der Waals surface area (Å²) in [5.74, 6) is -1.29. The van der Waals surface area contributed by atoms with Crippen molar-refractivity contribution in [3.05, 3.63) is 82.7 Å². The van der Waals surface area contributed by atoms with Gasteiger partial charge in [-0.25, -0.2) is 27.2 Å². The highest BCUT2D eigenvalue weighted by Crippen LogP contribution is 2.39. The summed E-state index contributed by atoms with van der Waals surface area (Å²) >= 11 is 0. The fourth-order valence-corrected chi connectivity index (χ4v) is 4.97. The first kappa shape index (κ1) is 25.1. The molecule has 2 aromatic carbocycles. The van der Waals surface area contributed by atoms with E-state index in [4.69, 9.17) is 11.3 Å². The monoisotopic (exact) mass is 483 g/mol. The second-order valence-electron chi connectivity index (χ2n) is 7.54. The second-order valence-corrected chi connectivity index (χ2v) is 9.27. The van der Waals surface area contributed by atoms with Crippen LogP contribution in [-0.2, 0) is 34.6 Å². The Morgan fingerprint density at radius 1 is 1.15 bits per heavy atom. The van der Waals surface area contributed by atoms with Gasteiger partial charge in [0.1, 0.15) is 16.4 Å². The van der Waals surface area contributed by atoms with Gasteiger partial charge in [-0.2, -0.15) is 0 Å². The zero-order chi connectivity index (χ0) is 24.9. The zero-order valence-corrected chi connectivity index (χ0v) is 20.1. The second kappa shape index (κ2) is 10.6. The number of halogens is 1. The number of nitrogens with zero attached hydrogens (tertiary/aromatic N) is 2. The third kappa shape index (κ3) is 5.03. The van der Waals surface area contributed by atoms with Gasteiger partial charge < -0.3 is 9.30 Å². The van der Waals surface area contributed by atoms with Gasteiger partial charge in [-0.1, -0.05) is 43.3 Å². The summed E-state index contributed by atoms with van der Waals surface area (Å²) < 4.78 is 47.9. The summed E-state index contributed by atoms with van der Waals surface area (Å²) in [4.78, 5) is 16.0. The quantitative estimate of drug-likeness (QED) is 0.355. The van der Waals surface area contributed by atoms with Gasteiger partial charge in [0.05, 0.1) is 13.2 Å². The Hall–Kier alpha value is -3.48. The van der Waals surface area contributed by atoms with Crippen LogP contribution in [0.25, 0.3) is 16.0 Å². The molecule has 0 unspecified atom stereocenters. The highest BCUT2D eigenvalue weighted by Gasteiger charge is 2.27. The van der Waals surface area contributed by atoms with Gasteiger partial charge in [-0.05, 0) is 43.0 Å². The number of hydrogen-bond donors (Lipinski definition) is 1. The Balaban J connectivity index is 1.83. The van der Waals surface area contributed by atoms with E-state index in [0.29, 0.717) is 35.3 Å². The van der Waals surface area contributed by atoms with Gasteiger partial charge in [0.25, 0.3) is 0 Å². The summed E-state index contributed by atoms with van der Waals surface area (Å²) in [7, 11) is -2.21. The molecule has 178 valence electrons. The molecule has 0 bridgehead atoms. The standard InChI is InChI=1S/C25H26FN3O4S/c1-5-20-23(27-3)22(24(29(20)4)25(30)33-6-2)18-13-11-17(12-14-18)15-16-28-34(31,32)21-10-8-7-9-19(21)26/h7-14,28H,5-6,15-16H2,1-2,4H3. The van der Waals surface area contributed by atoms with E-state index in [0.717, 1.165) is 17.3 Å². The van der Waals surface area contributed by atoms with Crippen LogP contribution in [0.15, 0.2) is 53.4 Å². The number of carbonyl (C=O) groups is 1. The number of hydrogen-bond acceptors (Lipinski definition) is 4. The molecule has 3 rings (SSSR count). The Morgan fingerprint density at radius 2 is 1.82 bits per heavy atom. The molecule has 0 fully saturated rings. The van der Waals surface area contributed by atoms with E-state index in [-0.39, 0.29) is 18.0 Å². The summed E-state index contributed by atoms with van der Waals surface area (Å²) in [6.45, 7) is 11.6. The largest absolute Gasteiger partial charge is 0.461 e. The highest BCUT2D eigenvalue weighted by molar-refractivity contribution is 7.89. The summed E-state index contributed by atoms with van der Waals surface area (Å²) in [5.41, 5.74) is 3.56. The van der Waals surface area contributed by atoms with E-state index in [9.17, 15) is 17.6 Å². The van der Waals surface area contributed by atoms with E-state index in [1.807, 2.05) is 19.1 Å². The Kier molecular flexibility index (Phi) is 7.87. The van der Waals surface area contributed by atoms with Crippen LogP contribution >= 0.6 is 0 Å². The third-order valence-electron chi connectivity index (χ3n) is 5.48. The summed E-state index contributed by atoms with van der Waals surface area (Å²) in [6, 6.07) is 12.4. The number of carbonyl (C=O) groups excluding carboxylic acids is 1. The fraction of sp³-hybridized carbons (Fsp3) is 0.280. The normalized spacial score (nSPS) is 11.3. The first-order chi connectivity index (χ1) is 16.2. The maximum absolute atomic E-state index is 13.8. The average molecular weight is 484 g/mol. The molecule has 1 heterocycles. The molecule has 3 aromatic rings. The number of rotatable bonds is 9. The molecule has 0 spiro atoms. The minimum atomic E-state index is -3.96. The lowest BCUT2D eigenvalue weighted by molar-refractivity contribution is 0.0516. The van der Waals surface area contributed by atoms with Crippen LogP contribution in [0.4, 0.5) is 10.1 Å². The average Bonchev–Trinajstić information content (AvgIpc) is 3.11. The molecule has 0 aliphatic carbocycles. The van der Waals surface area contributed by atoms with Crippen LogP contribution in [0.5, 0.6) is 0 Å². The first-order valence-corrected chi connectivity index (χ1v) is 12.3. The van der Waals surface area contributed by atoms with Crippen molar-refractivity contribution in [3.63, 3.8) is 0 Å². The van der Waals surface area contributed by atoms with Gasteiger partial charge >= 0.3 is 5.97 Å². The van der Waals surface area contributed by atoms with Crippen molar-refractivity contribution >= 4 is 21.7 Å². The van der Waals surface area contributed by atoms with E-state index in [2.05, 4.69) is 9.57 Å². The topological polar surface area (TPSA) is 81.8 Å². The number of benzene rings is 2. The first-order valence-electron chi connectivity index (χ1n) is 10.8. The molecular weight excluding hydrogens is 457 g/mol. The Morgan fingerprint density at radius 3 is 2.41 bits per heavy atom. The van der Waals surface area contributed by atoms with Crippen molar-refractivity contribution in [3.8, 4) is 11.1 Å². The molecule has 1 aromatic heterocycles. The molecule has 0 atom stereocenters. The smallest absolute Gasteiger partial charge is 0.354 e. The van der Waals surface area contributed by atoms with E-state index in [1.54, 1.807) is 30.7 Å². The molecule has 34 heavy (non-hydrogen) atoms. The van der Waals surface area contributed by atoms with Crippen molar-refractivity contribution < 1.29 is 22.3 Å². The molecule has 0 amide bonds. The van der Waals surface area contributed by atoms with Crippen LogP contribution in [-0.4, -0.2) is 32.1 Å². The minimum absolute atomic E-state index is 0.0860. The van der Waals surface area contributed by atoms with Crippen molar-refractivity contribution in [2.45, 2.75) is 31.6 Å². The SMILES string of the molecule is [C-]#[N+]c1c(-c2ccc(CCNS(=O)(=O)c3ccccc3F)cc2)c(C(=O)OCC)n(C)c1CC. The molecule has 0 saturated carbocycles. The van der Waals surface area contributed by atoms with Gasteiger partial charge in [-0.15, -0.1) is 0 Å². The van der Waals surface area contributed by atoms with Gasteiger partial charge in [-0.3, -0.25) is 0 Å². The Labute approximate surface area is 199 Å². The molecule has 9 heteroatoms. The van der Waals surface area contributed by atoms with Crippen LogP contribution in [0.3, 0.4) is 0 Å². The van der Waals surface area contributed by atoms with E-state index < -0.39 is 21.8 Å². The molecule has 7 nitrogen and oxygen atoms in total. The number of ether oxygens (including phenoxy) is 1. The number of nitrogens with one attached hydrogen (secondary N) is 1. The molecule has 0 aliphatic rings. The van der Waals surface area contributed by atoms with E-state index in [1.165, 1.54) is 18.2 Å². The summed E-state index contributed by atoms with van der Waals surface area (Å²) in [6.07, 6.45) is 0.963. The van der Waals surface area contributed by atoms with Crippen molar-refractivity contribution in [1.82, 2.24) is 9.29 Å². The lowest BCUT2D eigenvalue weighted by Crippen LogP contribution is -2.26. The minimum Gasteiger partial charge on any atom is -0.461 e. The predicted molar refractivity (Wildman–Crippen MR) is 128 cm³/mol. The van der Waals surface area contributed by atoms with Crippen LogP contribution in [0.2, 0.25) is 0 Å². The summed E-state index contributed by atoms with van der Waals surface area (Å²) in [5, 5.41) is 0. The van der Waals surface area contributed by atoms with Gasteiger partial charge in [0, 0.05) is 24.8 Å². The zero-order valence-electron chi connectivity index (χ0n) is 19.3. The van der Waals surface area contributed by atoms with Crippen molar-refractivity contribution in [2.24, 2.45) is 7.05 Å².